The molecule has 3 rings (SSSR count). The van der Waals surface area contributed by atoms with Gasteiger partial charge in [-0.05, 0) is 26.0 Å². The number of carbonyl (C=O) groups excluding carboxylic acids is 1. The summed E-state index contributed by atoms with van der Waals surface area (Å²) in [7, 11) is 0. The van der Waals surface area contributed by atoms with Crippen molar-refractivity contribution in [2.45, 2.75) is 30.8 Å². The van der Waals surface area contributed by atoms with Crippen LogP contribution >= 0.6 is 11.8 Å². The number of ketones is 1. The molecular weight excluding hydrogens is 312 g/mol. The monoisotopic (exact) mass is 328 g/mol. The third-order valence-electron chi connectivity index (χ3n) is 3.64. The second kappa shape index (κ2) is 6.00. The van der Waals surface area contributed by atoms with Crippen LogP contribution in [0.15, 0.2) is 46.9 Å². The Labute approximate surface area is 136 Å². The van der Waals surface area contributed by atoms with Crippen LogP contribution in [-0.2, 0) is 11.3 Å². The van der Waals surface area contributed by atoms with Gasteiger partial charge in [0, 0.05) is 6.54 Å². The van der Waals surface area contributed by atoms with Gasteiger partial charge >= 0.3 is 0 Å². The molecule has 0 bridgehead atoms. The average Bonchev–Trinajstić information content (AvgIpc) is 2.95. The molecule has 2 heterocycles. The smallest absolute Gasteiger partial charge is 0.263 e. The lowest BCUT2D eigenvalue weighted by molar-refractivity contribution is -0.116. The van der Waals surface area contributed by atoms with Crippen LogP contribution in [0.1, 0.15) is 13.8 Å². The minimum Gasteiger partial charge on any atom is -0.299 e. The van der Waals surface area contributed by atoms with Crippen molar-refractivity contribution >= 4 is 34.2 Å². The summed E-state index contributed by atoms with van der Waals surface area (Å²) < 4.78 is 3.36. The number of hydrogen-bond donors (Lipinski definition) is 0. The summed E-state index contributed by atoms with van der Waals surface area (Å²) >= 11 is 1.33. The SMILES string of the molecule is C=CCn1c(=O)c2ccccc2n2c(S[C@H](C)C(C)=O)nnc12. The molecule has 0 amide bonds. The third kappa shape index (κ3) is 2.57. The summed E-state index contributed by atoms with van der Waals surface area (Å²) in [6.45, 7) is 7.42. The lowest BCUT2D eigenvalue weighted by atomic mass is 10.2. The van der Waals surface area contributed by atoms with Gasteiger partial charge in [-0.15, -0.1) is 16.8 Å². The Bertz CT molecular complexity index is 973. The van der Waals surface area contributed by atoms with Crippen LogP contribution in [0, 0.1) is 0 Å². The summed E-state index contributed by atoms with van der Waals surface area (Å²) in [5.41, 5.74) is 0.604. The predicted octanol–water partition coefficient (Wildman–Crippen LogP) is 2.30. The zero-order chi connectivity index (χ0) is 16.6. The predicted molar refractivity (Wildman–Crippen MR) is 91.0 cm³/mol. The van der Waals surface area contributed by atoms with Crippen molar-refractivity contribution in [1.82, 2.24) is 19.2 Å². The fraction of sp³-hybridized carbons (Fsp3) is 0.250. The molecule has 0 aliphatic carbocycles. The summed E-state index contributed by atoms with van der Waals surface area (Å²) in [4.78, 5) is 24.2. The van der Waals surface area contributed by atoms with Crippen LogP contribution in [0.25, 0.3) is 16.7 Å². The van der Waals surface area contributed by atoms with E-state index in [0.717, 1.165) is 5.52 Å². The van der Waals surface area contributed by atoms with Crippen molar-refractivity contribution in [2.24, 2.45) is 0 Å². The number of carbonyl (C=O) groups is 1. The first-order valence-corrected chi connectivity index (χ1v) is 8.07. The highest BCUT2D eigenvalue weighted by Crippen LogP contribution is 2.25. The van der Waals surface area contributed by atoms with Crippen molar-refractivity contribution in [2.75, 3.05) is 0 Å². The number of rotatable bonds is 5. The van der Waals surface area contributed by atoms with E-state index < -0.39 is 0 Å². The van der Waals surface area contributed by atoms with Gasteiger partial charge in [-0.1, -0.05) is 30.0 Å². The summed E-state index contributed by atoms with van der Waals surface area (Å²) in [6.07, 6.45) is 1.65. The molecule has 0 spiro atoms. The van der Waals surface area contributed by atoms with Crippen LogP contribution in [0.4, 0.5) is 0 Å². The van der Waals surface area contributed by atoms with E-state index in [1.54, 1.807) is 19.1 Å². The molecule has 1 atom stereocenters. The van der Waals surface area contributed by atoms with Gasteiger partial charge in [-0.2, -0.15) is 0 Å². The van der Waals surface area contributed by atoms with Gasteiger partial charge in [-0.25, -0.2) is 0 Å². The van der Waals surface area contributed by atoms with Crippen molar-refractivity contribution in [1.29, 1.82) is 0 Å². The first kappa shape index (κ1) is 15.5. The topological polar surface area (TPSA) is 69.3 Å². The number of hydrogen-bond acceptors (Lipinski definition) is 5. The highest BCUT2D eigenvalue weighted by Gasteiger charge is 2.19. The molecule has 7 heteroatoms. The van der Waals surface area contributed by atoms with E-state index in [1.165, 1.54) is 16.3 Å². The number of Topliss-reactive ketones (excluding diaryl/α,β-unsaturated/α-hetero) is 1. The number of thioether (sulfide) groups is 1. The Balaban J connectivity index is 2.35. The minimum atomic E-state index is -0.235. The fourth-order valence-electron chi connectivity index (χ4n) is 2.34. The fourth-order valence-corrected chi connectivity index (χ4v) is 3.20. The Morgan fingerprint density at radius 1 is 1.39 bits per heavy atom. The van der Waals surface area contributed by atoms with Crippen molar-refractivity contribution < 1.29 is 4.79 Å². The van der Waals surface area contributed by atoms with Crippen LogP contribution in [0.3, 0.4) is 0 Å². The molecule has 23 heavy (non-hydrogen) atoms. The zero-order valence-corrected chi connectivity index (χ0v) is 13.7. The first-order valence-electron chi connectivity index (χ1n) is 7.19. The second-order valence-electron chi connectivity index (χ2n) is 5.21. The van der Waals surface area contributed by atoms with Crippen molar-refractivity contribution in [3.05, 3.63) is 47.3 Å². The van der Waals surface area contributed by atoms with Crippen LogP contribution in [0.2, 0.25) is 0 Å². The number of nitrogens with zero attached hydrogens (tertiary/aromatic N) is 4. The normalized spacial score (nSPS) is 12.6. The highest BCUT2D eigenvalue weighted by atomic mass is 32.2. The molecule has 0 aliphatic rings. The molecule has 0 saturated heterocycles. The van der Waals surface area contributed by atoms with E-state index in [0.29, 0.717) is 22.9 Å². The van der Waals surface area contributed by atoms with E-state index in [9.17, 15) is 9.59 Å². The molecule has 0 saturated carbocycles. The molecule has 1 aromatic carbocycles. The van der Waals surface area contributed by atoms with Gasteiger partial charge in [0.05, 0.1) is 16.2 Å². The molecule has 0 aliphatic heterocycles. The second-order valence-corrected chi connectivity index (χ2v) is 6.52. The number of allylic oxidation sites excluding steroid dienone is 1. The standard InChI is InChI=1S/C16H16N4O2S/c1-4-9-19-14(22)12-7-5-6-8-13(12)20-15(19)17-18-16(20)23-11(3)10(2)21/h4-8,11H,1,9H2,2-3H3/t11-/m1/s1. The minimum absolute atomic E-state index is 0.0652. The molecule has 0 unspecified atom stereocenters. The Morgan fingerprint density at radius 3 is 2.83 bits per heavy atom. The van der Waals surface area contributed by atoms with Crippen LogP contribution in [-0.4, -0.2) is 30.2 Å². The Morgan fingerprint density at radius 2 is 2.13 bits per heavy atom. The summed E-state index contributed by atoms with van der Waals surface area (Å²) in [6, 6.07) is 7.32. The third-order valence-corrected chi connectivity index (χ3v) is 4.81. The first-order chi connectivity index (χ1) is 11.0. The van der Waals surface area contributed by atoms with Gasteiger partial charge in [-0.3, -0.25) is 18.6 Å². The number of benzene rings is 1. The Hall–Kier alpha value is -2.41. The van der Waals surface area contributed by atoms with Gasteiger partial charge in [0.25, 0.3) is 5.56 Å². The lowest BCUT2D eigenvalue weighted by Crippen LogP contribution is -2.23. The number of aromatic nitrogens is 4. The molecule has 0 N–H and O–H groups in total. The van der Waals surface area contributed by atoms with Gasteiger partial charge < -0.3 is 0 Å². The summed E-state index contributed by atoms with van der Waals surface area (Å²) in [5.74, 6) is 0.516. The highest BCUT2D eigenvalue weighted by molar-refractivity contribution is 8.00. The summed E-state index contributed by atoms with van der Waals surface area (Å²) in [5, 5.41) is 9.28. The average molecular weight is 328 g/mol. The quantitative estimate of drug-likeness (QED) is 0.531. The van der Waals surface area contributed by atoms with Gasteiger partial charge in [0.1, 0.15) is 5.78 Å². The van der Waals surface area contributed by atoms with Gasteiger partial charge in [0.2, 0.25) is 5.78 Å². The maximum Gasteiger partial charge on any atom is 0.263 e. The molecule has 2 aromatic heterocycles. The largest absolute Gasteiger partial charge is 0.299 e. The lowest BCUT2D eigenvalue weighted by Gasteiger charge is -2.10. The van der Waals surface area contributed by atoms with Crippen molar-refractivity contribution in [3.8, 4) is 0 Å². The molecule has 6 nitrogen and oxygen atoms in total. The van der Waals surface area contributed by atoms with Crippen molar-refractivity contribution in [3.63, 3.8) is 0 Å². The van der Waals surface area contributed by atoms with Gasteiger partial charge in [0.15, 0.2) is 5.16 Å². The maximum absolute atomic E-state index is 12.6. The van der Waals surface area contributed by atoms with E-state index in [2.05, 4.69) is 16.8 Å². The molecule has 3 aromatic rings. The molecule has 118 valence electrons. The Kier molecular flexibility index (Phi) is 4.04. The molecule has 0 radical (unpaired) electrons. The van der Waals surface area contributed by atoms with E-state index in [4.69, 9.17) is 0 Å². The number of fused-ring (bicyclic) bond motifs is 3. The van der Waals surface area contributed by atoms with E-state index >= 15 is 0 Å². The van der Waals surface area contributed by atoms with E-state index in [-0.39, 0.29) is 16.6 Å². The van der Waals surface area contributed by atoms with Crippen LogP contribution in [0.5, 0.6) is 0 Å². The van der Waals surface area contributed by atoms with E-state index in [1.807, 2.05) is 29.5 Å². The maximum atomic E-state index is 12.6. The van der Waals surface area contributed by atoms with Crippen LogP contribution < -0.4 is 5.56 Å². The number of para-hydroxylation sites is 1. The molecular formula is C16H16N4O2S. The molecule has 0 fully saturated rings. The zero-order valence-electron chi connectivity index (χ0n) is 12.9.